The van der Waals surface area contributed by atoms with Crippen LogP contribution in [-0.4, -0.2) is 25.9 Å². The normalized spacial score (nSPS) is 11.7. The average molecular weight is 479 g/mol. The highest BCUT2D eigenvalue weighted by Crippen LogP contribution is 2.29. The van der Waals surface area contributed by atoms with Crippen LogP contribution in [0.25, 0.3) is 11.1 Å². The summed E-state index contributed by atoms with van der Waals surface area (Å²) in [5, 5.41) is 12.4. The number of rotatable bonds is 8. The first kappa shape index (κ1) is 22.9. The number of para-hydroxylation sites is 1. The number of ether oxygens (including phenoxy) is 1. The SMILES string of the molecule is C[C@@H](Sc1nnc(COc2ccc(Cl)cc2)n1C)C(=O)Nc1ccccc1-c1ccccc1. The van der Waals surface area contributed by atoms with Crippen LogP contribution in [0.15, 0.2) is 84.0 Å². The molecule has 4 rings (SSSR count). The second-order valence-corrected chi connectivity index (χ2v) is 9.11. The number of halogens is 1. The van der Waals surface area contributed by atoms with E-state index in [4.69, 9.17) is 16.3 Å². The lowest BCUT2D eigenvalue weighted by Crippen LogP contribution is -2.23. The van der Waals surface area contributed by atoms with Crippen LogP contribution in [0.4, 0.5) is 5.69 Å². The summed E-state index contributed by atoms with van der Waals surface area (Å²) < 4.78 is 7.59. The molecule has 0 unspecified atom stereocenters. The van der Waals surface area contributed by atoms with E-state index >= 15 is 0 Å². The quantitative estimate of drug-likeness (QED) is 0.322. The number of anilines is 1. The van der Waals surface area contributed by atoms with Gasteiger partial charge < -0.3 is 14.6 Å². The molecule has 1 N–H and O–H groups in total. The van der Waals surface area contributed by atoms with Crippen molar-refractivity contribution in [3.8, 4) is 16.9 Å². The summed E-state index contributed by atoms with van der Waals surface area (Å²) in [6.45, 7) is 2.11. The maximum absolute atomic E-state index is 12.9. The van der Waals surface area contributed by atoms with E-state index < -0.39 is 0 Å². The minimum Gasteiger partial charge on any atom is -0.486 e. The fourth-order valence-corrected chi connectivity index (χ4v) is 4.12. The van der Waals surface area contributed by atoms with Crippen LogP contribution in [0.3, 0.4) is 0 Å². The molecule has 0 saturated carbocycles. The van der Waals surface area contributed by atoms with E-state index in [0.717, 1.165) is 16.8 Å². The largest absolute Gasteiger partial charge is 0.486 e. The summed E-state index contributed by atoms with van der Waals surface area (Å²) in [4.78, 5) is 12.9. The standard InChI is InChI=1S/C25H23ClN4O2S/c1-17(24(31)27-22-11-7-6-10-21(22)18-8-4-3-5-9-18)33-25-29-28-23(30(25)2)16-32-20-14-12-19(26)13-15-20/h3-15,17H,16H2,1-2H3,(H,27,31)/t17-/m1/s1. The second kappa shape index (κ2) is 10.6. The number of nitrogens with one attached hydrogen (secondary N) is 1. The van der Waals surface area contributed by atoms with Gasteiger partial charge in [-0.2, -0.15) is 0 Å². The average Bonchev–Trinajstić information content (AvgIpc) is 3.18. The molecular formula is C25H23ClN4O2S. The number of aromatic nitrogens is 3. The smallest absolute Gasteiger partial charge is 0.237 e. The third kappa shape index (κ3) is 5.74. The number of hydrogen-bond acceptors (Lipinski definition) is 5. The van der Waals surface area contributed by atoms with Crippen molar-refractivity contribution in [1.29, 1.82) is 0 Å². The van der Waals surface area contributed by atoms with E-state index in [-0.39, 0.29) is 17.8 Å². The summed E-state index contributed by atoms with van der Waals surface area (Å²) in [5.74, 6) is 1.25. The van der Waals surface area contributed by atoms with Gasteiger partial charge in [0, 0.05) is 23.3 Å². The van der Waals surface area contributed by atoms with Crippen molar-refractivity contribution in [3.63, 3.8) is 0 Å². The maximum Gasteiger partial charge on any atom is 0.237 e. The Morgan fingerprint density at radius 2 is 1.73 bits per heavy atom. The van der Waals surface area contributed by atoms with Gasteiger partial charge >= 0.3 is 0 Å². The molecule has 0 bridgehead atoms. The number of thioether (sulfide) groups is 1. The van der Waals surface area contributed by atoms with Gasteiger partial charge in [-0.3, -0.25) is 4.79 Å². The van der Waals surface area contributed by atoms with Gasteiger partial charge in [-0.1, -0.05) is 71.9 Å². The Morgan fingerprint density at radius 1 is 1.03 bits per heavy atom. The molecule has 168 valence electrons. The summed E-state index contributed by atoms with van der Waals surface area (Å²) in [7, 11) is 1.86. The van der Waals surface area contributed by atoms with E-state index in [0.29, 0.717) is 21.8 Å². The molecule has 0 aliphatic rings. The molecule has 1 amide bonds. The van der Waals surface area contributed by atoms with Crippen molar-refractivity contribution in [2.75, 3.05) is 5.32 Å². The molecule has 8 heteroatoms. The molecule has 33 heavy (non-hydrogen) atoms. The second-order valence-electron chi connectivity index (χ2n) is 7.36. The van der Waals surface area contributed by atoms with Crippen LogP contribution in [0.1, 0.15) is 12.7 Å². The molecular weight excluding hydrogens is 456 g/mol. The summed E-state index contributed by atoms with van der Waals surface area (Å²) in [6, 6.07) is 24.9. The predicted molar refractivity (Wildman–Crippen MR) is 133 cm³/mol. The number of nitrogens with zero attached hydrogens (tertiary/aromatic N) is 3. The first-order chi connectivity index (χ1) is 16.0. The number of hydrogen-bond donors (Lipinski definition) is 1. The van der Waals surface area contributed by atoms with Crippen LogP contribution in [0.2, 0.25) is 5.02 Å². The van der Waals surface area contributed by atoms with Crippen molar-refractivity contribution >= 4 is 35.0 Å². The van der Waals surface area contributed by atoms with E-state index in [1.807, 2.05) is 73.1 Å². The lowest BCUT2D eigenvalue weighted by atomic mass is 10.0. The minimum atomic E-state index is -0.373. The lowest BCUT2D eigenvalue weighted by molar-refractivity contribution is -0.115. The summed E-state index contributed by atoms with van der Waals surface area (Å²) >= 11 is 7.25. The molecule has 6 nitrogen and oxygen atoms in total. The molecule has 1 aromatic heterocycles. The van der Waals surface area contributed by atoms with Crippen LogP contribution in [0.5, 0.6) is 5.75 Å². The van der Waals surface area contributed by atoms with Gasteiger partial charge in [0.05, 0.1) is 5.25 Å². The van der Waals surface area contributed by atoms with Crippen LogP contribution in [-0.2, 0) is 18.4 Å². The minimum absolute atomic E-state index is 0.106. The molecule has 4 aromatic rings. The maximum atomic E-state index is 12.9. The molecule has 0 fully saturated rings. The van der Waals surface area contributed by atoms with Gasteiger partial charge in [-0.25, -0.2) is 0 Å². The van der Waals surface area contributed by atoms with E-state index in [2.05, 4.69) is 15.5 Å². The summed E-state index contributed by atoms with van der Waals surface area (Å²) in [6.07, 6.45) is 0. The zero-order chi connectivity index (χ0) is 23.2. The van der Waals surface area contributed by atoms with Crippen molar-refractivity contribution < 1.29 is 9.53 Å². The zero-order valence-electron chi connectivity index (χ0n) is 18.2. The van der Waals surface area contributed by atoms with Crippen molar-refractivity contribution in [3.05, 3.63) is 89.7 Å². The van der Waals surface area contributed by atoms with Gasteiger partial charge in [0.15, 0.2) is 11.0 Å². The van der Waals surface area contributed by atoms with Crippen molar-refractivity contribution in [2.24, 2.45) is 7.05 Å². The zero-order valence-corrected chi connectivity index (χ0v) is 19.8. The van der Waals surface area contributed by atoms with Crippen molar-refractivity contribution in [2.45, 2.75) is 23.9 Å². The van der Waals surface area contributed by atoms with Gasteiger partial charge in [0.25, 0.3) is 0 Å². The molecule has 1 atom stereocenters. The van der Waals surface area contributed by atoms with E-state index in [9.17, 15) is 4.79 Å². The Labute approximate surface area is 202 Å². The van der Waals surface area contributed by atoms with Gasteiger partial charge in [-0.15, -0.1) is 10.2 Å². The van der Waals surface area contributed by atoms with Gasteiger partial charge in [0.1, 0.15) is 12.4 Å². The molecule has 0 saturated heterocycles. The number of benzene rings is 3. The highest BCUT2D eigenvalue weighted by Gasteiger charge is 2.20. The topological polar surface area (TPSA) is 69.0 Å². The first-order valence-electron chi connectivity index (χ1n) is 10.4. The monoisotopic (exact) mass is 478 g/mol. The highest BCUT2D eigenvalue weighted by atomic mass is 35.5. The van der Waals surface area contributed by atoms with Gasteiger partial charge in [0.2, 0.25) is 5.91 Å². The Bertz CT molecular complexity index is 1230. The third-order valence-corrected chi connectivity index (χ3v) is 6.41. The fraction of sp³-hybridized carbons (Fsp3) is 0.160. The Balaban J connectivity index is 1.39. The number of amides is 1. The molecule has 1 heterocycles. The molecule has 0 aliphatic carbocycles. The molecule has 0 spiro atoms. The fourth-order valence-electron chi connectivity index (χ4n) is 3.16. The van der Waals surface area contributed by atoms with Crippen LogP contribution < -0.4 is 10.1 Å². The van der Waals surface area contributed by atoms with Gasteiger partial charge in [-0.05, 0) is 42.8 Å². The van der Waals surface area contributed by atoms with E-state index in [1.165, 1.54) is 11.8 Å². The van der Waals surface area contributed by atoms with Crippen LogP contribution in [0, 0.1) is 0 Å². The first-order valence-corrected chi connectivity index (χ1v) is 11.7. The highest BCUT2D eigenvalue weighted by molar-refractivity contribution is 8.00. The summed E-state index contributed by atoms with van der Waals surface area (Å²) in [5.41, 5.74) is 2.80. The number of carbonyl (C=O) groups is 1. The predicted octanol–water partition coefficient (Wildman–Crippen LogP) is 5.83. The Morgan fingerprint density at radius 3 is 2.48 bits per heavy atom. The number of carbonyl (C=O) groups excluding carboxylic acids is 1. The molecule has 3 aromatic carbocycles. The third-order valence-electron chi connectivity index (χ3n) is 5.03. The lowest BCUT2D eigenvalue weighted by Gasteiger charge is -2.15. The van der Waals surface area contributed by atoms with Crippen LogP contribution >= 0.6 is 23.4 Å². The van der Waals surface area contributed by atoms with Crippen molar-refractivity contribution in [1.82, 2.24) is 14.8 Å². The van der Waals surface area contributed by atoms with E-state index in [1.54, 1.807) is 24.3 Å². The Hall–Kier alpha value is -3.29. The molecule has 0 radical (unpaired) electrons. The Kier molecular flexibility index (Phi) is 7.32. The molecule has 0 aliphatic heterocycles.